The van der Waals surface area contributed by atoms with Gasteiger partial charge in [0.2, 0.25) is 0 Å². The van der Waals surface area contributed by atoms with Gasteiger partial charge in [-0.25, -0.2) is 9.97 Å². The average Bonchev–Trinajstić information content (AvgIpc) is 2.64. The molecule has 2 heterocycles. The van der Waals surface area contributed by atoms with Crippen LogP contribution >= 0.6 is 0 Å². The van der Waals surface area contributed by atoms with Crippen LogP contribution in [0.1, 0.15) is 24.8 Å². The maximum atomic E-state index is 6.20. The van der Waals surface area contributed by atoms with Crippen molar-refractivity contribution < 1.29 is 0 Å². The second-order valence-electron chi connectivity index (χ2n) is 6.15. The van der Waals surface area contributed by atoms with E-state index in [1.807, 2.05) is 18.2 Å². The maximum absolute atomic E-state index is 6.20. The van der Waals surface area contributed by atoms with E-state index in [-0.39, 0.29) is 0 Å². The van der Waals surface area contributed by atoms with Crippen molar-refractivity contribution in [1.29, 1.82) is 0 Å². The molecule has 6 heteroatoms. The SMILES string of the molecule is Nc1c(NCCN2CCCCC2)ncnc1NCc1ccccc1. The zero-order chi connectivity index (χ0) is 16.6. The van der Waals surface area contributed by atoms with Crippen LogP contribution in [-0.4, -0.2) is 41.0 Å². The van der Waals surface area contributed by atoms with Gasteiger partial charge in [-0.05, 0) is 31.5 Å². The highest BCUT2D eigenvalue weighted by atomic mass is 15.2. The normalized spacial score (nSPS) is 15.2. The smallest absolute Gasteiger partial charge is 0.155 e. The number of piperidine rings is 1. The molecular weight excluding hydrogens is 300 g/mol. The predicted octanol–water partition coefficient (Wildman–Crippen LogP) is 2.57. The van der Waals surface area contributed by atoms with Gasteiger partial charge in [0.15, 0.2) is 11.6 Å². The summed E-state index contributed by atoms with van der Waals surface area (Å²) in [6, 6.07) is 10.2. The number of benzene rings is 1. The van der Waals surface area contributed by atoms with Crippen LogP contribution in [0.3, 0.4) is 0 Å². The van der Waals surface area contributed by atoms with Crippen molar-refractivity contribution in [2.75, 3.05) is 42.5 Å². The van der Waals surface area contributed by atoms with Gasteiger partial charge >= 0.3 is 0 Å². The Kier molecular flexibility index (Phi) is 5.85. The molecule has 0 amide bonds. The Balaban J connectivity index is 1.52. The zero-order valence-electron chi connectivity index (χ0n) is 14.0. The minimum absolute atomic E-state index is 0.576. The molecule has 6 nitrogen and oxygen atoms in total. The number of rotatable bonds is 7. The van der Waals surface area contributed by atoms with Crippen molar-refractivity contribution in [3.05, 3.63) is 42.2 Å². The Morgan fingerprint density at radius 3 is 2.42 bits per heavy atom. The minimum Gasteiger partial charge on any atom is -0.393 e. The Morgan fingerprint density at radius 1 is 0.958 bits per heavy atom. The number of anilines is 3. The predicted molar refractivity (Wildman–Crippen MR) is 99.0 cm³/mol. The fourth-order valence-electron chi connectivity index (χ4n) is 2.97. The largest absolute Gasteiger partial charge is 0.393 e. The number of nitrogens with one attached hydrogen (secondary N) is 2. The lowest BCUT2D eigenvalue weighted by molar-refractivity contribution is 0.237. The number of nitrogens with two attached hydrogens (primary N) is 1. The summed E-state index contributed by atoms with van der Waals surface area (Å²) in [5.74, 6) is 1.38. The molecule has 0 radical (unpaired) electrons. The number of hydrogen-bond donors (Lipinski definition) is 3. The molecule has 1 aliphatic rings. The Bertz CT molecular complexity index is 625. The molecule has 1 aromatic carbocycles. The molecule has 0 spiro atoms. The third-order valence-electron chi connectivity index (χ3n) is 4.36. The molecule has 0 aliphatic carbocycles. The lowest BCUT2D eigenvalue weighted by Crippen LogP contribution is -2.33. The highest BCUT2D eigenvalue weighted by molar-refractivity contribution is 5.73. The number of nitrogen functional groups attached to an aromatic ring is 1. The van der Waals surface area contributed by atoms with Crippen molar-refractivity contribution in [1.82, 2.24) is 14.9 Å². The molecule has 1 fully saturated rings. The van der Waals surface area contributed by atoms with Crippen LogP contribution in [0.4, 0.5) is 17.3 Å². The van der Waals surface area contributed by atoms with Gasteiger partial charge in [-0.1, -0.05) is 36.8 Å². The van der Waals surface area contributed by atoms with Crippen LogP contribution in [-0.2, 0) is 6.54 Å². The Labute approximate surface area is 143 Å². The van der Waals surface area contributed by atoms with E-state index in [1.165, 1.54) is 37.9 Å². The van der Waals surface area contributed by atoms with Gasteiger partial charge in [-0.15, -0.1) is 0 Å². The summed E-state index contributed by atoms with van der Waals surface area (Å²) < 4.78 is 0. The molecule has 0 bridgehead atoms. The topological polar surface area (TPSA) is 79.1 Å². The minimum atomic E-state index is 0.576. The van der Waals surface area contributed by atoms with Crippen molar-refractivity contribution in [3.8, 4) is 0 Å². The quantitative estimate of drug-likeness (QED) is 0.726. The summed E-state index contributed by atoms with van der Waals surface area (Å²) in [5, 5.41) is 6.62. The first kappa shape index (κ1) is 16.5. The van der Waals surface area contributed by atoms with Crippen LogP contribution in [0, 0.1) is 0 Å². The second kappa shape index (κ2) is 8.49. The number of aromatic nitrogens is 2. The molecule has 0 saturated carbocycles. The first-order chi connectivity index (χ1) is 11.8. The first-order valence-corrected chi connectivity index (χ1v) is 8.67. The van der Waals surface area contributed by atoms with Gasteiger partial charge in [0.05, 0.1) is 0 Å². The number of nitrogens with zero attached hydrogens (tertiary/aromatic N) is 3. The van der Waals surface area contributed by atoms with Gasteiger partial charge in [0.25, 0.3) is 0 Å². The van der Waals surface area contributed by atoms with Crippen LogP contribution in [0.15, 0.2) is 36.7 Å². The van der Waals surface area contributed by atoms with Crippen LogP contribution in [0.25, 0.3) is 0 Å². The maximum Gasteiger partial charge on any atom is 0.155 e. The monoisotopic (exact) mass is 326 g/mol. The molecular formula is C18H26N6. The van der Waals surface area contributed by atoms with E-state index in [9.17, 15) is 0 Å². The lowest BCUT2D eigenvalue weighted by Gasteiger charge is -2.26. The van der Waals surface area contributed by atoms with E-state index in [0.29, 0.717) is 23.9 Å². The van der Waals surface area contributed by atoms with E-state index in [0.717, 1.165) is 13.1 Å². The summed E-state index contributed by atoms with van der Waals surface area (Å²) in [6.07, 6.45) is 5.53. The zero-order valence-corrected chi connectivity index (χ0v) is 14.0. The fraction of sp³-hybridized carbons (Fsp3) is 0.444. The molecule has 2 aromatic rings. The van der Waals surface area contributed by atoms with Crippen molar-refractivity contribution >= 4 is 17.3 Å². The van der Waals surface area contributed by atoms with Crippen molar-refractivity contribution in [2.45, 2.75) is 25.8 Å². The Morgan fingerprint density at radius 2 is 1.67 bits per heavy atom. The third-order valence-corrected chi connectivity index (χ3v) is 4.36. The van der Waals surface area contributed by atoms with E-state index in [4.69, 9.17) is 5.73 Å². The lowest BCUT2D eigenvalue weighted by atomic mass is 10.1. The van der Waals surface area contributed by atoms with Gasteiger partial charge < -0.3 is 21.3 Å². The summed E-state index contributed by atoms with van der Waals surface area (Å²) in [6.45, 7) is 4.96. The van der Waals surface area contributed by atoms with Gasteiger partial charge in [-0.2, -0.15) is 0 Å². The van der Waals surface area contributed by atoms with Crippen LogP contribution < -0.4 is 16.4 Å². The van der Waals surface area contributed by atoms with Crippen molar-refractivity contribution in [2.24, 2.45) is 0 Å². The van der Waals surface area contributed by atoms with Gasteiger partial charge in [0, 0.05) is 19.6 Å². The van der Waals surface area contributed by atoms with Gasteiger partial charge in [-0.3, -0.25) is 0 Å². The van der Waals surface area contributed by atoms with E-state index in [2.05, 4.69) is 37.6 Å². The molecule has 1 saturated heterocycles. The molecule has 24 heavy (non-hydrogen) atoms. The average molecular weight is 326 g/mol. The highest BCUT2D eigenvalue weighted by Crippen LogP contribution is 2.22. The van der Waals surface area contributed by atoms with E-state index < -0.39 is 0 Å². The van der Waals surface area contributed by atoms with Crippen LogP contribution in [0.5, 0.6) is 0 Å². The summed E-state index contributed by atoms with van der Waals surface area (Å²) >= 11 is 0. The number of hydrogen-bond acceptors (Lipinski definition) is 6. The van der Waals surface area contributed by atoms with Crippen LogP contribution in [0.2, 0.25) is 0 Å². The summed E-state index contributed by atoms with van der Waals surface area (Å²) in [5.41, 5.74) is 7.97. The van der Waals surface area contributed by atoms with Crippen molar-refractivity contribution in [3.63, 3.8) is 0 Å². The summed E-state index contributed by atoms with van der Waals surface area (Å²) in [7, 11) is 0. The summed E-state index contributed by atoms with van der Waals surface area (Å²) in [4.78, 5) is 11.0. The molecule has 128 valence electrons. The third kappa shape index (κ3) is 4.58. The van der Waals surface area contributed by atoms with Gasteiger partial charge in [0.1, 0.15) is 12.0 Å². The Hall–Kier alpha value is -2.34. The van der Waals surface area contributed by atoms with E-state index >= 15 is 0 Å². The first-order valence-electron chi connectivity index (χ1n) is 8.67. The second-order valence-corrected chi connectivity index (χ2v) is 6.15. The molecule has 1 aromatic heterocycles. The fourth-order valence-corrected chi connectivity index (χ4v) is 2.97. The highest BCUT2D eigenvalue weighted by Gasteiger charge is 2.11. The standard InChI is InChI=1S/C18H26N6/c19-16-17(20-9-12-24-10-5-2-6-11-24)22-14-23-18(16)21-13-15-7-3-1-4-8-15/h1,3-4,7-8,14H,2,5-6,9-13,19H2,(H2,20,21,22,23). The van der Waals surface area contributed by atoms with E-state index in [1.54, 1.807) is 6.33 Å². The number of likely N-dealkylation sites (tertiary alicyclic amines) is 1. The molecule has 0 unspecified atom stereocenters. The molecule has 0 atom stereocenters. The molecule has 1 aliphatic heterocycles. The molecule has 3 rings (SSSR count). The molecule has 4 N–H and O–H groups in total.